The number of hydrogen-bond acceptors (Lipinski definition) is 2. The van der Waals surface area contributed by atoms with Crippen LogP contribution in [0.5, 0.6) is 0 Å². The fraction of sp³-hybridized carbons (Fsp3) is 0.227. The normalized spacial score (nSPS) is 11.9. The van der Waals surface area contributed by atoms with Crippen LogP contribution in [-0.4, -0.2) is 13.3 Å². The summed E-state index contributed by atoms with van der Waals surface area (Å²) < 4.78 is 0. The monoisotopic (exact) mass is 355 g/mol. The van der Waals surface area contributed by atoms with Crippen molar-refractivity contribution >= 4 is 23.5 Å². The molecule has 0 aliphatic rings. The average molecular weight is 356 g/mol. The quantitative estimate of drug-likeness (QED) is 0.521. The maximum absolute atomic E-state index is 11.0. The molecule has 0 bridgehead atoms. The van der Waals surface area contributed by atoms with Crippen LogP contribution in [-0.2, 0) is 11.3 Å². The Labute approximate surface area is 156 Å². The SMILES string of the molecule is C=C/C=C(/c1ccc(Cl)cc1)C(C=O)CC.CNCc1ccccc1. The zero-order chi connectivity index (χ0) is 18.5. The van der Waals surface area contributed by atoms with Crippen LogP contribution in [0.15, 0.2) is 73.3 Å². The first-order chi connectivity index (χ1) is 12.2. The van der Waals surface area contributed by atoms with Gasteiger partial charge in [-0.3, -0.25) is 0 Å². The zero-order valence-corrected chi connectivity index (χ0v) is 15.7. The van der Waals surface area contributed by atoms with E-state index in [2.05, 4.69) is 24.0 Å². The summed E-state index contributed by atoms with van der Waals surface area (Å²) in [5.74, 6) is -0.0841. The second kappa shape index (κ2) is 12.2. The van der Waals surface area contributed by atoms with Crippen LogP contribution in [0.3, 0.4) is 0 Å². The second-order valence-corrected chi connectivity index (χ2v) is 5.97. The van der Waals surface area contributed by atoms with Crippen molar-refractivity contribution in [2.24, 2.45) is 5.92 Å². The van der Waals surface area contributed by atoms with Gasteiger partial charge in [0.25, 0.3) is 0 Å². The van der Waals surface area contributed by atoms with Gasteiger partial charge in [0.1, 0.15) is 6.29 Å². The van der Waals surface area contributed by atoms with Gasteiger partial charge in [0.05, 0.1) is 0 Å². The van der Waals surface area contributed by atoms with Crippen molar-refractivity contribution in [3.63, 3.8) is 0 Å². The van der Waals surface area contributed by atoms with E-state index in [4.69, 9.17) is 11.6 Å². The van der Waals surface area contributed by atoms with Crippen LogP contribution >= 0.6 is 11.6 Å². The molecule has 0 amide bonds. The maximum atomic E-state index is 11.0. The van der Waals surface area contributed by atoms with Gasteiger partial charge in [0.2, 0.25) is 0 Å². The van der Waals surface area contributed by atoms with Crippen molar-refractivity contribution in [1.29, 1.82) is 0 Å². The van der Waals surface area contributed by atoms with Gasteiger partial charge in [-0.25, -0.2) is 0 Å². The van der Waals surface area contributed by atoms with Gasteiger partial charge >= 0.3 is 0 Å². The molecule has 0 saturated heterocycles. The number of allylic oxidation sites excluding steroid dienone is 3. The highest BCUT2D eigenvalue weighted by molar-refractivity contribution is 6.30. The molecule has 2 aromatic rings. The number of benzene rings is 2. The fourth-order valence-electron chi connectivity index (χ4n) is 2.39. The first-order valence-corrected chi connectivity index (χ1v) is 8.76. The summed E-state index contributed by atoms with van der Waals surface area (Å²) in [7, 11) is 1.95. The summed E-state index contributed by atoms with van der Waals surface area (Å²) in [6.07, 6.45) is 5.34. The van der Waals surface area contributed by atoms with E-state index < -0.39 is 0 Å². The molecule has 0 aromatic heterocycles. The minimum absolute atomic E-state index is 0.0841. The lowest BCUT2D eigenvalue weighted by atomic mass is 9.91. The van der Waals surface area contributed by atoms with Gasteiger partial charge < -0.3 is 10.1 Å². The highest BCUT2D eigenvalue weighted by Gasteiger charge is 2.12. The Kier molecular flexibility index (Phi) is 10.2. The molecule has 2 aromatic carbocycles. The summed E-state index contributed by atoms with van der Waals surface area (Å²) in [5, 5.41) is 3.78. The number of rotatable bonds is 7. The maximum Gasteiger partial charge on any atom is 0.127 e. The van der Waals surface area contributed by atoms with E-state index in [1.807, 2.05) is 62.5 Å². The number of halogens is 1. The molecule has 0 radical (unpaired) electrons. The number of aldehydes is 1. The van der Waals surface area contributed by atoms with Crippen LogP contribution in [0.4, 0.5) is 0 Å². The topological polar surface area (TPSA) is 29.1 Å². The van der Waals surface area contributed by atoms with E-state index in [9.17, 15) is 4.79 Å². The van der Waals surface area contributed by atoms with Crippen LogP contribution in [0.25, 0.3) is 5.57 Å². The molecule has 0 spiro atoms. The molecule has 0 fully saturated rings. The predicted octanol–water partition coefficient (Wildman–Crippen LogP) is 5.54. The van der Waals surface area contributed by atoms with E-state index in [0.29, 0.717) is 5.02 Å². The van der Waals surface area contributed by atoms with E-state index in [1.54, 1.807) is 6.08 Å². The third-order valence-corrected chi connectivity index (χ3v) is 3.95. The summed E-state index contributed by atoms with van der Waals surface area (Å²) in [4.78, 5) is 11.0. The van der Waals surface area contributed by atoms with Crippen molar-refractivity contribution in [2.45, 2.75) is 19.9 Å². The first kappa shape index (κ1) is 20.9. The third kappa shape index (κ3) is 7.51. The van der Waals surface area contributed by atoms with Crippen LogP contribution in [0.2, 0.25) is 5.02 Å². The molecule has 3 heteroatoms. The summed E-state index contributed by atoms with van der Waals surface area (Å²) in [5.41, 5.74) is 3.34. The Morgan fingerprint density at radius 1 is 1.16 bits per heavy atom. The number of carbonyl (C=O) groups excluding carboxylic acids is 1. The molecule has 0 aliphatic carbocycles. The lowest BCUT2D eigenvalue weighted by molar-refractivity contribution is -0.109. The molecule has 1 unspecified atom stereocenters. The van der Waals surface area contributed by atoms with Crippen molar-refractivity contribution < 1.29 is 4.79 Å². The van der Waals surface area contributed by atoms with Gasteiger partial charge in [-0.05, 0) is 42.3 Å². The predicted molar refractivity (Wildman–Crippen MR) is 109 cm³/mol. The Balaban J connectivity index is 0.000000293. The van der Waals surface area contributed by atoms with Crippen LogP contribution < -0.4 is 5.32 Å². The minimum atomic E-state index is -0.0841. The molecular weight excluding hydrogens is 330 g/mol. The average Bonchev–Trinajstić information content (AvgIpc) is 2.64. The largest absolute Gasteiger partial charge is 0.316 e. The number of hydrogen-bond donors (Lipinski definition) is 1. The summed E-state index contributed by atoms with van der Waals surface area (Å²) >= 11 is 5.83. The van der Waals surface area contributed by atoms with Gasteiger partial charge in [0.15, 0.2) is 0 Å². The molecule has 25 heavy (non-hydrogen) atoms. The molecule has 0 aliphatic heterocycles. The van der Waals surface area contributed by atoms with Crippen molar-refractivity contribution in [2.75, 3.05) is 7.05 Å². The highest BCUT2D eigenvalue weighted by Crippen LogP contribution is 2.25. The van der Waals surface area contributed by atoms with Gasteiger partial charge in [-0.15, -0.1) is 0 Å². The van der Waals surface area contributed by atoms with E-state index in [0.717, 1.165) is 30.4 Å². The van der Waals surface area contributed by atoms with E-state index >= 15 is 0 Å². The Bertz CT molecular complexity index is 662. The third-order valence-electron chi connectivity index (χ3n) is 3.70. The summed E-state index contributed by atoms with van der Waals surface area (Å²) in [6, 6.07) is 17.8. The van der Waals surface area contributed by atoms with Gasteiger partial charge in [-0.1, -0.05) is 79.7 Å². The molecular formula is C22H26ClNO. The van der Waals surface area contributed by atoms with Crippen molar-refractivity contribution in [3.8, 4) is 0 Å². The van der Waals surface area contributed by atoms with Crippen molar-refractivity contribution in [1.82, 2.24) is 5.32 Å². The number of carbonyl (C=O) groups is 1. The Morgan fingerprint density at radius 3 is 2.28 bits per heavy atom. The lowest BCUT2D eigenvalue weighted by Gasteiger charge is -2.13. The molecule has 132 valence electrons. The Hall–Kier alpha value is -2.16. The molecule has 2 nitrogen and oxygen atoms in total. The standard InChI is InChI=1S/C14H15ClO.C8H11N/c1-3-5-14(11(4-2)10-16)12-6-8-13(15)9-7-12;1-9-7-8-5-3-2-4-6-8/h3,5-11H,1,4H2,2H3;2-6,9H,7H2,1H3/b14-5+;. The molecule has 1 atom stereocenters. The second-order valence-electron chi connectivity index (χ2n) is 5.53. The van der Waals surface area contributed by atoms with Crippen LogP contribution in [0.1, 0.15) is 24.5 Å². The van der Waals surface area contributed by atoms with E-state index in [1.165, 1.54) is 5.56 Å². The van der Waals surface area contributed by atoms with Gasteiger partial charge in [0, 0.05) is 17.5 Å². The smallest absolute Gasteiger partial charge is 0.127 e. The Morgan fingerprint density at radius 2 is 1.80 bits per heavy atom. The van der Waals surface area contributed by atoms with Crippen molar-refractivity contribution in [3.05, 3.63) is 89.5 Å². The van der Waals surface area contributed by atoms with Gasteiger partial charge in [-0.2, -0.15) is 0 Å². The lowest BCUT2D eigenvalue weighted by Crippen LogP contribution is -2.04. The molecule has 0 saturated carbocycles. The molecule has 2 rings (SSSR count). The molecule has 1 N–H and O–H groups in total. The number of nitrogens with one attached hydrogen (secondary N) is 1. The zero-order valence-electron chi connectivity index (χ0n) is 14.9. The van der Waals surface area contributed by atoms with E-state index in [-0.39, 0.29) is 5.92 Å². The molecule has 0 heterocycles. The minimum Gasteiger partial charge on any atom is -0.316 e. The fourth-order valence-corrected chi connectivity index (χ4v) is 2.52. The summed E-state index contributed by atoms with van der Waals surface area (Å²) in [6.45, 7) is 6.63. The first-order valence-electron chi connectivity index (χ1n) is 8.38. The van der Waals surface area contributed by atoms with Crippen LogP contribution in [0, 0.1) is 5.92 Å². The highest BCUT2D eigenvalue weighted by atomic mass is 35.5.